The molecule has 0 fully saturated rings. The first-order valence-corrected chi connectivity index (χ1v) is 7.90. The topological polar surface area (TPSA) is 96.0 Å². The van der Waals surface area contributed by atoms with Crippen molar-refractivity contribution in [3.05, 3.63) is 93.6 Å². The molecule has 130 valence electrons. The van der Waals surface area contributed by atoms with E-state index in [1.54, 1.807) is 18.2 Å². The Morgan fingerprint density at radius 1 is 1.19 bits per heavy atom. The molecule has 0 heterocycles. The minimum absolute atomic E-state index is 0.0437. The minimum Gasteiger partial charge on any atom is -0.345 e. The Kier molecular flexibility index (Phi) is 6.40. The predicted octanol–water partition coefficient (Wildman–Crippen LogP) is 3.94. The number of hydrogen-bond donors (Lipinski definition) is 1. The van der Waals surface area contributed by atoms with Gasteiger partial charge in [-0.25, -0.2) is 0 Å². The predicted molar refractivity (Wildman–Crippen MR) is 98.8 cm³/mol. The highest BCUT2D eigenvalue weighted by molar-refractivity contribution is 5.97. The van der Waals surface area contributed by atoms with Gasteiger partial charge in [-0.05, 0) is 30.7 Å². The Hall–Kier alpha value is -3.72. The van der Waals surface area contributed by atoms with Crippen LogP contribution in [0.1, 0.15) is 24.1 Å². The van der Waals surface area contributed by atoms with Gasteiger partial charge in [0, 0.05) is 6.07 Å². The number of benzene rings is 2. The number of nitriles is 1. The summed E-state index contributed by atoms with van der Waals surface area (Å²) in [6, 6.07) is 17.2. The zero-order valence-corrected chi connectivity index (χ0v) is 14.1. The van der Waals surface area contributed by atoms with E-state index in [0.29, 0.717) is 5.56 Å². The van der Waals surface area contributed by atoms with Gasteiger partial charge in [-0.15, -0.1) is 0 Å². The molecule has 26 heavy (non-hydrogen) atoms. The Balaban J connectivity index is 2.12. The quantitative estimate of drug-likeness (QED) is 0.281. The third-order valence-corrected chi connectivity index (χ3v) is 3.68. The average molecular weight is 347 g/mol. The summed E-state index contributed by atoms with van der Waals surface area (Å²) in [6.45, 7) is 1.82. The van der Waals surface area contributed by atoms with Crippen molar-refractivity contribution in [1.29, 1.82) is 5.26 Å². The van der Waals surface area contributed by atoms with Crippen molar-refractivity contribution in [2.75, 3.05) is 0 Å². The summed E-state index contributed by atoms with van der Waals surface area (Å²) in [6.07, 6.45) is 4.28. The van der Waals surface area contributed by atoms with Crippen LogP contribution in [0.3, 0.4) is 0 Å². The normalized spacial score (nSPS) is 12.4. The van der Waals surface area contributed by atoms with Crippen LogP contribution in [0.2, 0.25) is 0 Å². The maximum absolute atomic E-state index is 12.2. The van der Waals surface area contributed by atoms with Crippen LogP contribution in [0, 0.1) is 21.4 Å². The summed E-state index contributed by atoms with van der Waals surface area (Å²) in [5.41, 5.74) is 1.19. The number of hydrogen-bond acceptors (Lipinski definition) is 4. The Labute approximate surface area is 151 Å². The summed E-state index contributed by atoms with van der Waals surface area (Å²) < 4.78 is 0. The SMILES string of the molecule is C[C@@H](NC(=O)/C(C#N)=C/C=C/c1ccccc1[N+](=O)[O-])c1ccccc1. The molecule has 0 radical (unpaired) electrons. The maximum Gasteiger partial charge on any atom is 0.276 e. The molecule has 2 aromatic rings. The molecule has 2 rings (SSSR count). The van der Waals surface area contributed by atoms with Gasteiger partial charge in [0.2, 0.25) is 0 Å². The molecule has 1 atom stereocenters. The van der Waals surface area contributed by atoms with Gasteiger partial charge in [0.05, 0.1) is 16.5 Å². The van der Waals surface area contributed by atoms with Crippen LogP contribution in [0.5, 0.6) is 0 Å². The van der Waals surface area contributed by atoms with Crippen molar-refractivity contribution in [3.8, 4) is 6.07 Å². The summed E-state index contributed by atoms with van der Waals surface area (Å²) in [7, 11) is 0. The molecular formula is C20H17N3O3. The van der Waals surface area contributed by atoms with E-state index in [9.17, 15) is 20.2 Å². The highest BCUT2D eigenvalue weighted by Gasteiger charge is 2.13. The van der Waals surface area contributed by atoms with E-state index in [1.807, 2.05) is 43.3 Å². The van der Waals surface area contributed by atoms with Crippen molar-refractivity contribution in [1.82, 2.24) is 5.32 Å². The summed E-state index contributed by atoms with van der Waals surface area (Å²) in [5, 5.41) is 22.9. The number of amides is 1. The van der Waals surface area contributed by atoms with Gasteiger partial charge in [0.15, 0.2) is 0 Å². The highest BCUT2D eigenvalue weighted by atomic mass is 16.6. The lowest BCUT2D eigenvalue weighted by Gasteiger charge is -2.13. The van der Waals surface area contributed by atoms with Gasteiger partial charge < -0.3 is 5.32 Å². The Morgan fingerprint density at radius 3 is 2.50 bits per heavy atom. The van der Waals surface area contributed by atoms with Crippen LogP contribution in [0.4, 0.5) is 5.69 Å². The highest BCUT2D eigenvalue weighted by Crippen LogP contribution is 2.19. The Bertz CT molecular complexity index is 896. The van der Waals surface area contributed by atoms with Gasteiger partial charge in [-0.1, -0.05) is 48.5 Å². The van der Waals surface area contributed by atoms with Crippen molar-refractivity contribution in [3.63, 3.8) is 0 Å². The number of nitrogens with zero attached hydrogens (tertiary/aromatic N) is 2. The number of para-hydroxylation sites is 1. The fourth-order valence-electron chi connectivity index (χ4n) is 2.31. The molecule has 0 spiro atoms. The standard InChI is InChI=1S/C20H17N3O3/c1-15(16-8-3-2-4-9-16)22-20(24)18(14-21)12-7-11-17-10-5-6-13-19(17)23(25)26/h2-13,15H,1H3,(H,22,24)/b11-7+,18-12+/t15-/m1/s1. The van der Waals surface area contributed by atoms with Crippen LogP contribution < -0.4 is 5.32 Å². The number of carbonyl (C=O) groups excluding carboxylic acids is 1. The van der Waals surface area contributed by atoms with Crippen LogP contribution >= 0.6 is 0 Å². The molecule has 0 unspecified atom stereocenters. The summed E-state index contributed by atoms with van der Waals surface area (Å²) >= 11 is 0. The molecule has 1 N–H and O–H groups in total. The number of nitrogens with one attached hydrogen (secondary N) is 1. The second kappa shape index (κ2) is 8.94. The van der Waals surface area contributed by atoms with E-state index in [-0.39, 0.29) is 17.3 Å². The molecule has 0 aliphatic carbocycles. The average Bonchev–Trinajstić information content (AvgIpc) is 2.66. The second-order valence-electron chi connectivity index (χ2n) is 5.47. The molecule has 0 aliphatic rings. The zero-order chi connectivity index (χ0) is 18.9. The second-order valence-corrected chi connectivity index (χ2v) is 5.47. The molecule has 6 heteroatoms. The summed E-state index contributed by atoms with van der Waals surface area (Å²) in [4.78, 5) is 22.7. The molecule has 0 saturated carbocycles. The first-order valence-electron chi connectivity index (χ1n) is 7.90. The first kappa shape index (κ1) is 18.6. The fourth-order valence-corrected chi connectivity index (χ4v) is 2.31. The number of nitro benzene ring substituents is 1. The molecule has 0 aromatic heterocycles. The largest absolute Gasteiger partial charge is 0.345 e. The lowest BCUT2D eigenvalue weighted by atomic mass is 10.1. The van der Waals surface area contributed by atoms with E-state index in [2.05, 4.69) is 5.32 Å². The van der Waals surface area contributed by atoms with Gasteiger partial charge in [-0.2, -0.15) is 5.26 Å². The van der Waals surface area contributed by atoms with E-state index in [0.717, 1.165) is 5.56 Å². The lowest BCUT2D eigenvalue weighted by Crippen LogP contribution is -2.27. The third kappa shape index (κ3) is 4.89. The van der Waals surface area contributed by atoms with Crippen LogP contribution in [-0.4, -0.2) is 10.8 Å². The minimum atomic E-state index is -0.504. The maximum atomic E-state index is 12.2. The number of nitro groups is 1. The molecule has 2 aromatic carbocycles. The van der Waals surface area contributed by atoms with E-state index < -0.39 is 10.8 Å². The van der Waals surface area contributed by atoms with Crippen molar-refractivity contribution >= 4 is 17.7 Å². The van der Waals surface area contributed by atoms with Gasteiger partial charge in [-0.3, -0.25) is 14.9 Å². The molecule has 0 aliphatic heterocycles. The van der Waals surface area contributed by atoms with E-state index in [4.69, 9.17) is 0 Å². The van der Waals surface area contributed by atoms with Crippen molar-refractivity contribution in [2.45, 2.75) is 13.0 Å². The molecule has 0 saturated heterocycles. The molecular weight excluding hydrogens is 330 g/mol. The third-order valence-electron chi connectivity index (χ3n) is 3.68. The van der Waals surface area contributed by atoms with Crippen LogP contribution in [-0.2, 0) is 4.79 Å². The fraction of sp³-hybridized carbons (Fsp3) is 0.100. The molecule has 0 bridgehead atoms. The van der Waals surface area contributed by atoms with Crippen molar-refractivity contribution in [2.24, 2.45) is 0 Å². The number of allylic oxidation sites excluding steroid dienone is 2. The van der Waals surface area contributed by atoms with E-state index in [1.165, 1.54) is 24.3 Å². The molecule has 6 nitrogen and oxygen atoms in total. The monoisotopic (exact) mass is 347 g/mol. The Morgan fingerprint density at radius 2 is 1.85 bits per heavy atom. The van der Waals surface area contributed by atoms with Gasteiger partial charge >= 0.3 is 0 Å². The van der Waals surface area contributed by atoms with Crippen LogP contribution in [0.25, 0.3) is 6.08 Å². The smallest absolute Gasteiger partial charge is 0.276 e. The van der Waals surface area contributed by atoms with Crippen molar-refractivity contribution < 1.29 is 9.72 Å². The summed E-state index contributed by atoms with van der Waals surface area (Å²) in [5.74, 6) is -0.504. The van der Waals surface area contributed by atoms with Gasteiger partial charge in [0.1, 0.15) is 11.6 Å². The van der Waals surface area contributed by atoms with Gasteiger partial charge in [0.25, 0.3) is 11.6 Å². The van der Waals surface area contributed by atoms with E-state index >= 15 is 0 Å². The number of carbonyl (C=O) groups is 1. The molecule has 1 amide bonds. The number of rotatable bonds is 6. The zero-order valence-electron chi connectivity index (χ0n) is 14.1. The lowest BCUT2D eigenvalue weighted by molar-refractivity contribution is -0.385. The first-order chi connectivity index (χ1) is 12.5. The van der Waals surface area contributed by atoms with Crippen LogP contribution in [0.15, 0.2) is 72.3 Å².